The summed E-state index contributed by atoms with van der Waals surface area (Å²) in [5, 5.41) is 2.68. The number of carbonyl (C=O) groups is 1. The summed E-state index contributed by atoms with van der Waals surface area (Å²) in [6.07, 6.45) is -2.18. The van der Waals surface area contributed by atoms with Crippen molar-refractivity contribution in [3.8, 4) is 11.1 Å². The van der Waals surface area contributed by atoms with Gasteiger partial charge in [-0.05, 0) is 42.8 Å². The maximum Gasteiger partial charge on any atom is 0.416 e. The fourth-order valence-corrected chi connectivity index (χ4v) is 4.93. The maximum atomic E-state index is 13.1. The number of methoxy groups -OCH3 is 1. The van der Waals surface area contributed by atoms with Crippen molar-refractivity contribution < 1.29 is 27.4 Å². The third-order valence-corrected chi connectivity index (χ3v) is 6.79. The summed E-state index contributed by atoms with van der Waals surface area (Å²) >= 11 is 0. The Labute approximate surface area is 207 Å². The quantitative estimate of drug-likeness (QED) is 0.507. The number of anilines is 2. The fraction of sp³-hybridized carbons (Fsp3) is 0.333. The van der Waals surface area contributed by atoms with E-state index in [1.807, 2.05) is 13.0 Å². The van der Waals surface area contributed by atoms with Crippen LogP contribution in [-0.4, -0.2) is 43.8 Å². The molecule has 3 aromatic rings. The number of nitrogens with one attached hydrogen (secondary N) is 1. The largest absolute Gasteiger partial charge is 0.416 e. The molecule has 0 radical (unpaired) electrons. The van der Waals surface area contributed by atoms with Crippen LogP contribution in [0.3, 0.4) is 0 Å². The number of fused-ring (bicyclic) bond motifs is 3. The first-order valence-corrected chi connectivity index (χ1v) is 11.7. The highest BCUT2D eigenvalue weighted by Gasteiger charge is 2.35. The number of rotatable bonds is 4. The van der Waals surface area contributed by atoms with E-state index in [9.17, 15) is 18.0 Å². The molecule has 0 aliphatic carbocycles. The Hall–Kier alpha value is -3.43. The van der Waals surface area contributed by atoms with Crippen molar-refractivity contribution in [2.75, 3.05) is 37.1 Å². The minimum atomic E-state index is -4.53. The molecular weight excluding hydrogens is 471 g/mol. The van der Waals surface area contributed by atoms with Crippen molar-refractivity contribution in [2.45, 2.75) is 31.7 Å². The first kappa shape index (κ1) is 24.3. The molecule has 1 N–H and O–H groups in total. The lowest BCUT2D eigenvalue weighted by Crippen LogP contribution is -2.49. The lowest BCUT2D eigenvalue weighted by atomic mass is 9.90. The van der Waals surface area contributed by atoms with E-state index < -0.39 is 17.6 Å². The number of morpholine rings is 1. The van der Waals surface area contributed by atoms with Crippen molar-refractivity contribution in [3.63, 3.8) is 0 Å². The molecule has 2 aliphatic rings. The van der Waals surface area contributed by atoms with Crippen LogP contribution < -0.4 is 10.2 Å². The molecule has 2 aromatic carbocycles. The number of nitrogens with zero attached hydrogens (tertiary/aromatic N) is 2. The van der Waals surface area contributed by atoms with Crippen LogP contribution in [-0.2, 0) is 15.7 Å². The Morgan fingerprint density at radius 1 is 1.19 bits per heavy atom. The number of benzene rings is 2. The molecule has 1 saturated heterocycles. The number of halogens is 3. The van der Waals surface area contributed by atoms with E-state index in [0.29, 0.717) is 18.9 Å². The van der Waals surface area contributed by atoms with Crippen molar-refractivity contribution in [2.24, 2.45) is 0 Å². The van der Waals surface area contributed by atoms with Gasteiger partial charge >= 0.3 is 6.18 Å². The number of aromatic nitrogens is 1. The van der Waals surface area contributed by atoms with Gasteiger partial charge in [-0.1, -0.05) is 18.2 Å². The molecule has 2 aliphatic heterocycles. The highest BCUT2D eigenvalue weighted by atomic mass is 19.4. The summed E-state index contributed by atoms with van der Waals surface area (Å²) in [4.78, 5) is 19.5. The Bertz CT molecular complexity index is 1290. The lowest BCUT2D eigenvalue weighted by Gasteiger charge is -2.44. The van der Waals surface area contributed by atoms with Gasteiger partial charge in [0, 0.05) is 48.1 Å². The van der Waals surface area contributed by atoms with Crippen LogP contribution in [0.4, 0.5) is 24.5 Å². The Morgan fingerprint density at radius 3 is 2.81 bits per heavy atom. The number of carbonyl (C=O) groups excluding carboxylic acids is 1. The van der Waals surface area contributed by atoms with E-state index in [1.165, 1.54) is 18.3 Å². The zero-order chi connectivity index (χ0) is 25.4. The smallest absolute Gasteiger partial charge is 0.377 e. The van der Waals surface area contributed by atoms with Crippen molar-refractivity contribution in [3.05, 3.63) is 77.1 Å². The van der Waals surface area contributed by atoms with E-state index in [0.717, 1.165) is 53.2 Å². The lowest BCUT2D eigenvalue weighted by molar-refractivity contribution is -0.137. The highest BCUT2D eigenvalue weighted by Crippen LogP contribution is 2.42. The van der Waals surface area contributed by atoms with Crippen LogP contribution in [0.1, 0.15) is 39.7 Å². The van der Waals surface area contributed by atoms with Gasteiger partial charge in [-0.2, -0.15) is 13.2 Å². The molecule has 188 valence electrons. The summed E-state index contributed by atoms with van der Waals surface area (Å²) < 4.78 is 50.6. The van der Waals surface area contributed by atoms with E-state index in [-0.39, 0.29) is 17.7 Å². The normalized spacial score (nSPS) is 19.4. The second-order valence-electron chi connectivity index (χ2n) is 9.05. The predicted octanol–water partition coefficient (Wildman–Crippen LogP) is 5.62. The monoisotopic (exact) mass is 497 g/mol. The Morgan fingerprint density at radius 2 is 2.03 bits per heavy atom. The van der Waals surface area contributed by atoms with E-state index >= 15 is 0 Å². The van der Waals surface area contributed by atoms with Gasteiger partial charge in [-0.3, -0.25) is 9.78 Å². The van der Waals surface area contributed by atoms with Gasteiger partial charge < -0.3 is 19.7 Å². The molecule has 5 rings (SSSR count). The summed E-state index contributed by atoms with van der Waals surface area (Å²) in [6, 6.07) is 12.6. The second kappa shape index (κ2) is 9.55. The first-order valence-electron chi connectivity index (χ1n) is 11.7. The van der Waals surface area contributed by atoms with Crippen LogP contribution in [0.5, 0.6) is 0 Å². The summed E-state index contributed by atoms with van der Waals surface area (Å²) in [5.74, 6) is -0.637. The number of pyridine rings is 1. The molecular formula is C27H26F3N3O3. The first-order chi connectivity index (χ1) is 17.2. The number of ether oxygens (including phenoxy) is 2. The maximum absolute atomic E-state index is 13.1. The van der Waals surface area contributed by atoms with Gasteiger partial charge in [0.15, 0.2) is 0 Å². The van der Waals surface area contributed by atoms with Gasteiger partial charge in [0.2, 0.25) is 0 Å². The van der Waals surface area contributed by atoms with E-state index in [2.05, 4.69) is 27.3 Å². The summed E-state index contributed by atoms with van der Waals surface area (Å²) in [5.41, 5.74) is 4.18. The predicted molar refractivity (Wildman–Crippen MR) is 130 cm³/mol. The SMILES string of the molecule is CO[C@@H]1C[C@@H]2COCCN2c2cc(-c3cc(NC(=O)c4cccc(C(F)(F)F)c4)cnc3C)ccc21. The van der Waals surface area contributed by atoms with E-state index in [4.69, 9.17) is 9.47 Å². The summed E-state index contributed by atoms with van der Waals surface area (Å²) in [6.45, 7) is 3.99. The topological polar surface area (TPSA) is 63.7 Å². The molecule has 0 saturated carbocycles. The molecule has 0 bridgehead atoms. The molecule has 9 heteroatoms. The molecule has 6 nitrogen and oxygen atoms in total. The Balaban J connectivity index is 1.45. The number of alkyl halides is 3. The van der Waals surface area contributed by atoms with Gasteiger partial charge in [-0.25, -0.2) is 0 Å². The van der Waals surface area contributed by atoms with E-state index in [1.54, 1.807) is 13.2 Å². The van der Waals surface area contributed by atoms with Gasteiger partial charge in [-0.15, -0.1) is 0 Å². The average Bonchev–Trinajstić information content (AvgIpc) is 2.88. The molecule has 2 atom stereocenters. The Kier molecular flexibility index (Phi) is 6.44. The highest BCUT2D eigenvalue weighted by molar-refractivity contribution is 6.04. The van der Waals surface area contributed by atoms with Crippen LogP contribution in [0.25, 0.3) is 11.1 Å². The molecule has 1 aromatic heterocycles. The number of amides is 1. The molecule has 0 unspecified atom stereocenters. The van der Waals surface area contributed by atoms with Gasteiger partial charge in [0.25, 0.3) is 5.91 Å². The molecule has 36 heavy (non-hydrogen) atoms. The van der Waals surface area contributed by atoms with Crippen LogP contribution in [0, 0.1) is 6.92 Å². The third-order valence-electron chi connectivity index (χ3n) is 6.79. The van der Waals surface area contributed by atoms with Gasteiger partial charge in [0.1, 0.15) is 0 Å². The van der Waals surface area contributed by atoms with Crippen molar-refractivity contribution in [1.82, 2.24) is 4.98 Å². The average molecular weight is 498 g/mol. The molecule has 3 heterocycles. The minimum Gasteiger partial charge on any atom is -0.377 e. The zero-order valence-corrected chi connectivity index (χ0v) is 19.9. The van der Waals surface area contributed by atoms with Crippen molar-refractivity contribution in [1.29, 1.82) is 0 Å². The van der Waals surface area contributed by atoms with Crippen molar-refractivity contribution >= 4 is 17.3 Å². The van der Waals surface area contributed by atoms with Crippen LogP contribution in [0.2, 0.25) is 0 Å². The minimum absolute atomic E-state index is 0.0192. The molecule has 1 fully saturated rings. The van der Waals surface area contributed by atoms with Crippen LogP contribution in [0.15, 0.2) is 54.7 Å². The molecule has 0 spiro atoms. The number of hydrogen-bond acceptors (Lipinski definition) is 5. The number of aryl methyl sites for hydroxylation is 1. The summed E-state index contributed by atoms with van der Waals surface area (Å²) in [7, 11) is 1.71. The standard InChI is InChI=1S/C27H26F3N3O3/c1-16-23(12-20(14-31-16)32-26(34)18-4-3-5-19(10-18)27(28,29)30)17-6-7-22-24(11-17)33-8-9-36-15-21(33)13-25(22)35-2/h3-7,10-12,14,21,25H,8-9,13,15H2,1-2H3,(H,32,34)/t21-,25-/m1/s1. The van der Waals surface area contributed by atoms with Gasteiger partial charge in [0.05, 0.1) is 42.8 Å². The molecule has 1 amide bonds. The fourth-order valence-electron chi connectivity index (χ4n) is 4.93. The zero-order valence-electron chi connectivity index (χ0n) is 19.9. The third kappa shape index (κ3) is 4.68. The second-order valence-corrected chi connectivity index (χ2v) is 9.05. The number of hydrogen-bond donors (Lipinski definition) is 1. The van der Waals surface area contributed by atoms with Crippen LogP contribution >= 0.6 is 0 Å².